The molecule has 1 atom stereocenters. The summed E-state index contributed by atoms with van der Waals surface area (Å²) in [5.41, 5.74) is 3.23. The highest BCUT2D eigenvalue weighted by molar-refractivity contribution is 7.99. The third kappa shape index (κ3) is 3.43. The minimum atomic E-state index is -0.497. The van der Waals surface area contributed by atoms with E-state index in [1.807, 2.05) is 26.0 Å². The highest BCUT2D eigenvalue weighted by atomic mass is 32.2. The Morgan fingerprint density at radius 2 is 2.08 bits per heavy atom. The van der Waals surface area contributed by atoms with Crippen molar-refractivity contribution in [2.24, 2.45) is 0 Å². The van der Waals surface area contributed by atoms with Crippen LogP contribution in [0.25, 0.3) is 5.69 Å². The molecule has 0 N–H and O–H groups in total. The number of carbonyl (C=O) groups is 1. The summed E-state index contributed by atoms with van der Waals surface area (Å²) in [6.07, 6.45) is 0. The van der Waals surface area contributed by atoms with Gasteiger partial charge in [-0.1, -0.05) is 23.9 Å². The molecule has 0 aliphatic carbocycles. The molecule has 0 saturated heterocycles. The maximum absolute atomic E-state index is 11.5. The number of benzene rings is 1. The van der Waals surface area contributed by atoms with Gasteiger partial charge >= 0.3 is 5.97 Å². The van der Waals surface area contributed by atoms with Crippen molar-refractivity contribution in [3.63, 3.8) is 0 Å². The standard InChI is InChI=1S/C17H18N4O3S/c1-10-6-5-7-13(11(10)2)21-17(18-19-20-21)25-12(3)14-8-9-15(24-14)16(22)23-4/h5-9,12H,1-4H3. The van der Waals surface area contributed by atoms with Gasteiger partial charge in [0.2, 0.25) is 10.9 Å². The van der Waals surface area contributed by atoms with Crippen LogP contribution in [0.2, 0.25) is 0 Å². The van der Waals surface area contributed by atoms with E-state index in [1.54, 1.807) is 16.8 Å². The van der Waals surface area contributed by atoms with Crippen molar-refractivity contribution in [1.82, 2.24) is 20.2 Å². The van der Waals surface area contributed by atoms with Crippen LogP contribution < -0.4 is 0 Å². The molecule has 0 spiro atoms. The van der Waals surface area contributed by atoms with Gasteiger partial charge < -0.3 is 9.15 Å². The second-order valence-electron chi connectivity index (χ2n) is 5.55. The molecule has 0 radical (unpaired) electrons. The smallest absolute Gasteiger partial charge is 0.373 e. The number of ether oxygens (including phenoxy) is 1. The van der Waals surface area contributed by atoms with Gasteiger partial charge in [0.25, 0.3) is 0 Å². The van der Waals surface area contributed by atoms with Crippen molar-refractivity contribution in [2.75, 3.05) is 7.11 Å². The normalized spacial score (nSPS) is 12.2. The van der Waals surface area contributed by atoms with Crippen LogP contribution in [0.15, 0.2) is 39.9 Å². The number of esters is 1. The zero-order chi connectivity index (χ0) is 18.0. The van der Waals surface area contributed by atoms with Crippen molar-refractivity contribution in [1.29, 1.82) is 0 Å². The average molecular weight is 358 g/mol. The summed E-state index contributed by atoms with van der Waals surface area (Å²) < 4.78 is 11.9. The van der Waals surface area contributed by atoms with Gasteiger partial charge in [-0.05, 0) is 60.5 Å². The molecule has 2 aromatic heterocycles. The number of thioether (sulfide) groups is 1. The van der Waals surface area contributed by atoms with Crippen LogP contribution in [0.1, 0.15) is 39.6 Å². The first-order valence-electron chi connectivity index (χ1n) is 7.71. The van der Waals surface area contributed by atoms with Gasteiger partial charge in [-0.15, -0.1) is 5.10 Å². The van der Waals surface area contributed by atoms with Gasteiger partial charge in [0.05, 0.1) is 18.0 Å². The number of nitrogens with zero attached hydrogens (tertiary/aromatic N) is 4. The molecule has 130 valence electrons. The van der Waals surface area contributed by atoms with E-state index in [0.717, 1.165) is 11.3 Å². The first kappa shape index (κ1) is 17.2. The molecule has 0 aliphatic heterocycles. The molecule has 0 amide bonds. The van der Waals surface area contributed by atoms with Gasteiger partial charge in [0.1, 0.15) is 5.76 Å². The van der Waals surface area contributed by atoms with Crippen LogP contribution in [-0.2, 0) is 4.74 Å². The highest BCUT2D eigenvalue weighted by Crippen LogP contribution is 2.35. The molecule has 7 nitrogen and oxygen atoms in total. The van der Waals surface area contributed by atoms with Gasteiger partial charge in [0, 0.05) is 0 Å². The van der Waals surface area contributed by atoms with Crippen LogP contribution in [-0.4, -0.2) is 33.3 Å². The Balaban J connectivity index is 1.85. The topological polar surface area (TPSA) is 83.0 Å². The predicted molar refractivity (Wildman–Crippen MR) is 92.9 cm³/mol. The highest BCUT2D eigenvalue weighted by Gasteiger charge is 2.20. The lowest BCUT2D eigenvalue weighted by Crippen LogP contribution is -2.03. The van der Waals surface area contributed by atoms with Crippen LogP contribution in [0.4, 0.5) is 0 Å². The second-order valence-corrected chi connectivity index (χ2v) is 6.85. The van der Waals surface area contributed by atoms with Crippen LogP contribution in [0.3, 0.4) is 0 Å². The van der Waals surface area contributed by atoms with E-state index in [0.29, 0.717) is 10.9 Å². The molecule has 8 heteroatoms. The Kier molecular flexibility index (Phi) is 4.89. The SMILES string of the molecule is COC(=O)c1ccc(C(C)Sc2nnnn2-c2cccc(C)c2C)o1. The summed E-state index contributed by atoms with van der Waals surface area (Å²) in [5.74, 6) is 0.337. The predicted octanol–water partition coefficient (Wildman–Crippen LogP) is 3.51. The van der Waals surface area contributed by atoms with Gasteiger partial charge in [-0.3, -0.25) is 0 Å². The van der Waals surface area contributed by atoms with Gasteiger partial charge in [-0.2, -0.15) is 4.68 Å². The molecule has 2 heterocycles. The fraction of sp³-hybridized carbons (Fsp3) is 0.294. The van der Waals surface area contributed by atoms with E-state index in [-0.39, 0.29) is 11.0 Å². The Bertz CT molecular complexity index is 903. The summed E-state index contributed by atoms with van der Waals surface area (Å²) in [4.78, 5) is 11.5. The summed E-state index contributed by atoms with van der Waals surface area (Å²) >= 11 is 1.45. The number of rotatable bonds is 5. The van der Waals surface area contributed by atoms with Crippen molar-refractivity contribution >= 4 is 17.7 Å². The monoisotopic (exact) mass is 358 g/mol. The maximum atomic E-state index is 11.5. The molecule has 0 aliphatic rings. The molecule has 0 fully saturated rings. The molecule has 0 bridgehead atoms. The molecule has 1 aromatic carbocycles. The number of aromatic nitrogens is 4. The van der Waals surface area contributed by atoms with Gasteiger partial charge in [-0.25, -0.2) is 4.79 Å². The Morgan fingerprint density at radius 3 is 2.84 bits per heavy atom. The van der Waals surface area contributed by atoms with Crippen LogP contribution in [0, 0.1) is 13.8 Å². The zero-order valence-corrected chi connectivity index (χ0v) is 15.2. The zero-order valence-electron chi connectivity index (χ0n) is 14.4. The van der Waals surface area contributed by atoms with Crippen molar-refractivity contribution in [3.8, 4) is 5.69 Å². The van der Waals surface area contributed by atoms with E-state index in [9.17, 15) is 4.79 Å². The molecule has 3 aromatic rings. The largest absolute Gasteiger partial charge is 0.463 e. The first-order valence-corrected chi connectivity index (χ1v) is 8.59. The Morgan fingerprint density at radius 1 is 1.28 bits per heavy atom. The lowest BCUT2D eigenvalue weighted by molar-refractivity contribution is 0.0563. The summed E-state index contributed by atoms with van der Waals surface area (Å²) in [6.45, 7) is 6.06. The number of hydrogen-bond donors (Lipinski definition) is 0. The van der Waals surface area contributed by atoms with Crippen LogP contribution >= 0.6 is 11.8 Å². The second kappa shape index (κ2) is 7.10. The summed E-state index contributed by atoms with van der Waals surface area (Å²) in [6, 6.07) is 9.37. The van der Waals surface area contributed by atoms with E-state index >= 15 is 0 Å². The third-order valence-electron chi connectivity index (χ3n) is 3.94. The number of furan rings is 1. The van der Waals surface area contributed by atoms with E-state index in [2.05, 4.69) is 33.3 Å². The van der Waals surface area contributed by atoms with Gasteiger partial charge in [0.15, 0.2) is 0 Å². The fourth-order valence-corrected chi connectivity index (χ4v) is 3.24. The molecule has 25 heavy (non-hydrogen) atoms. The summed E-state index contributed by atoms with van der Waals surface area (Å²) in [5, 5.41) is 12.6. The number of carbonyl (C=O) groups excluding carboxylic acids is 1. The van der Waals surface area contributed by atoms with E-state index < -0.39 is 5.97 Å². The third-order valence-corrected chi connectivity index (χ3v) is 4.99. The quantitative estimate of drug-likeness (QED) is 0.510. The number of aryl methyl sites for hydroxylation is 1. The van der Waals surface area contributed by atoms with E-state index in [4.69, 9.17) is 4.42 Å². The van der Waals surface area contributed by atoms with Crippen LogP contribution in [0.5, 0.6) is 0 Å². The fourth-order valence-electron chi connectivity index (χ4n) is 2.37. The number of hydrogen-bond acceptors (Lipinski definition) is 7. The lowest BCUT2D eigenvalue weighted by atomic mass is 10.1. The molecular weight excluding hydrogens is 340 g/mol. The minimum absolute atomic E-state index is 0.0757. The molecular formula is C17H18N4O3S. The average Bonchev–Trinajstić information content (AvgIpc) is 3.26. The minimum Gasteiger partial charge on any atom is -0.463 e. The number of tetrazole rings is 1. The molecule has 3 rings (SSSR count). The maximum Gasteiger partial charge on any atom is 0.373 e. The van der Waals surface area contributed by atoms with Crippen molar-refractivity contribution in [2.45, 2.75) is 31.2 Å². The molecule has 1 unspecified atom stereocenters. The first-order chi connectivity index (χ1) is 12.0. The Labute approximate surface area is 149 Å². The lowest BCUT2D eigenvalue weighted by Gasteiger charge is -2.11. The van der Waals surface area contributed by atoms with Crippen molar-refractivity contribution < 1.29 is 13.9 Å². The van der Waals surface area contributed by atoms with Crippen molar-refractivity contribution in [3.05, 3.63) is 53.0 Å². The summed E-state index contributed by atoms with van der Waals surface area (Å²) in [7, 11) is 1.32. The molecule has 0 saturated carbocycles. The Hall–Kier alpha value is -2.61. The number of methoxy groups -OCH3 is 1. The van der Waals surface area contributed by atoms with E-state index in [1.165, 1.54) is 24.4 Å².